The van der Waals surface area contributed by atoms with Crippen LogP contribution in [0.5, 0.6) is 0 Å². The fourth-order valence-corrected chi connectivity index (χ4v) is 2.91. The zero-order chi connectivity index (χ0) is 19.5. The Morgan fingerprint density at radius 2 is 1.96 bits per heavy atom. The summed E-state index contributed by atoms with van der Waals surface area (Å²) in [4.78, 5) is 17.2. The van der Waals surface area contributed by atoms with Crippen LogP contribution >= 0.6 is 0 Å². The van der Waals surface area contributed by atoms with Gasteiger partial charge in [-0.15, -0.1) is 0 Å². The second kappa shape index (κ2) is 7.20. The first-order valence-corrected chi connectivity index (χ1v) is 8.45. The minimum Gasteiger partial charge on any atom is -0.379 e. The zero-order valence-corrected chi connectivity index (χ0v) is 14.7. The van der Waals surface area contributed by atoms with E-state index in [-0.39, 0.29) is 24.0 Å². The number of para-hydroxylation sites is 2. The van der Waals surface area contributed by atoms with Gasteiger partial charge in [0.25, 0.3) is 0 Å². The van der Waals surface area contributed by atoms with Crippen LogP contribution in [0.15, 0.2) is 53.2 Å². The average molecular weight is 373 g/mol. The lowest BCUT2D eigenvalue weighted by molar-refractivity contribution is -0.116. The molecule has 0 bridgehead atoms. The summed E-state index contributed by atoms with van der Waals surface area (Å²) in [6, 6.07) is 16.6. The van der Waals surface area contributed by atoms with Crippen molar-refractivity contribution in [3.8, 4) is 17.6 Å². The van der Waals surface area contributed by atoms with Gasteiger partial charge in [-0.3, -0.25) is 4.79 Å². The standard InChI is InChI=1S/C19H15N7O2/c20-10-9-12-5-7-13(8-6-12)22-16(27)11-26-15-4-2-1-3-14(15)23-19(26)17-18(21)25-28-24-17/h1-8H,9,11H2,(H2,21,25)(H,22,27). The van der Waals surface area contributed by atoms with E-state index in [9.17, 15) is 4.79 Å². The largest absolute Gasteiger partial charge is 0.379 e. The number of carbonyl (C=O) groups is 1. The number of carbonyl (C=O) groups excluding carboxylic acids is 1. The van der Waals surface area contributed by atoms with Gasteiger partial charge in [-0.05, 0) is 40.1 Å². The van der Waals surface area contributed by atoms with Crippen LogP contribution in [0.1, 0.15) is 5.56 Å². The predicted molar refractivity (Wildman–Crippen MR) is 102 cm³/mol. The Kier molecular flexibility index (Phi) is 4.43. The molecule has 4 aromatic rings. The first kappa shape index (κ1) is 17.2. The van der Waals surface area contributed by atoms with Crippen molar-refractivity contribution < 1.29 is 9.42 Å². The number of nitrogens with zero attached hydrogens (tertiary/aromatic N) is 5. The van der Waals surface area contributed by atoms with E-state index in [2.05, 4.69) is 31.3 Å². The molecule has 2 heterocycles. The van der Waals surface area contributed by atoms with Gasteiger partial charge in [0.05, 0.1) is 23.5 Å². The summed E-state index contributed by atoms with van der Waals surface area (Å²) < 4.78 is 6.39. The van der Waals surface area contributed by atoms with Gasteiger partial charge in [0.1, 0.15) is 6.54 Å². The zero-order valence-electron chi connectivity index (χ0n) is 14.7. The summed E-state index contributed by atoms with van der Waals surface area (Å²) >= 11 is 0. The quantitative estimate of drug-likeness (QED) is 0.548. The number of imidazole rings is 1. The lowest BCUT2D eigenvalue weighted by Gasteiger charge is -2.09. The van der Waals surface area contributed by atoms with Crippen LogP contribution in [-0.4, -0.2) is 25.8 Å². The highest BCUT2D eigenvalue weighted by molar-refractivity contribution is 5.92. The lowest BCUT2D eigenvalue weighted by atomic mass is 10.1. The number of nitriles is 1. The first-order valence-electron chi connectivity index (χ1n) is 8.45. The third-order valence-corrected chi connectivity index (χ3v) is 4.20. The molecule has 3 N–H and O–H groups in total. The maximum Gasteiger partial charge on any atom is 0.244 e. The fourth-order valence-electron chi connectivity index (χ4n) is 2.91. The van der Waals surface area contributed by atoms with Gasteiger partial charge in [-0.2, -0.15) is 5.26 Å². The molecule has 138 valence electrons. The van der Waals surface area contributed by atoms with Gasteiger partial charge >= 0.3 is 0 Å². The van der Waals surface area contributed by atoms with Crippen molar-refractivity contribution in [1.82, 2.24) is 19.9 Å². The van der Waals surface area contributed by atoms with Crippen LogP contribution in [0.2, 0.25) is 0 Å². The molecule has 0 aliphatic rings. The number of anilines is 2. The average Bonchev–Trinajstić information content (AvgIpc) is 3.27. The van der Waals surface area contributed by atoms with Crippen LogP contribution in [0.4, 0.5) is 11.5 Å². The molecule has 0 aliphatic carbocycles. The molecule has 28 heavy (non-hydrogen) atoms. The summed E-state index contributed by atoms with van der Waals surface area (Å²) in [5.74, 6) is 0.261. The van der Waals surface area contributed by atoms with E-state index < -0.39 is 0 Å². The molecule has 0 fully saturated rings. The lowest BCUT2D eigenvalue weighted by Crippen LogP contribution is -2.19. The molecule has 0 radical (unpaired) electrons. The molecule has 0 unspecified atom stereocenters. The van der Waals surface area contributed by atoms with Crippen molar-refractivity contribution in [3.63, 3.8) is 0 Å². The number of amides is 1. The van der Waals surface area contributed by atoms with E-state index in [1.165, 1.54) is 0 Å². The number of nitrogens with one attached hydrogen (secondary N) is 1. The first-order chi connectivity index (χ1) is 13.7. The highest BCUT2D eigenvalue weighted by Gasteiger charge is 2.20. The topological polar surface area (TPSA) is 136 Å². The number of aromatic nitrogens is 4. The van der Waals surface area contributed by atoms with Crippen molar-refractivity contribution in [3.05, 3.63) is 54.1 Å². The normalized spacial score (nSPS) is 10.7. The number of nitrogens with two attached hydrogens (primary N) is 1. The molecule has 0 saturated carbocycles. The molecular weight excluding hydrogens is 358 g/mol. The molecule has 0 saturated heterocycles. The summed E-state index contributed by atoms with van der Waals surface area (Å²) in [6.07, 6.45) is 0.325. The highest BCUT2D eigenvalue weighted by Crippen LogP contribution is 2.26. The molecule has 1 amide bonds. The van der Waals surface area contributed by atoms with Crippen LogP contribution in [0.25, 0.3) is 22.6 Å². The Labute approximate surface area is 159 Å². The third kappa shape index (κ3) is 3.26. The second-order valence-electron chi connectivity index (χ2n) is 6.09. The molecule has 4 rings (SSSR count). The summed E-state index contributed by atoms with van der Waals surface area (Å²) in [5.41, 5.74) is 9.09. The molecule has 9 nitrogen and oxygen atoms in total. The predicted octanol–water partition coefficient (Wildman–Crippen LogP) is 2.37. The minimum absolute atomic E-state index is 0.00208. The third-order valence-electron chi connectivity index (χ3n) is 4.20. The second-order valence-corrected chi connectivity index (χ2v) is 6.09. The smallest absolute Gasteiger partial charge is 0.244 e. The molecule has 0 atom stereocenters. The van der Waals surface area contributed by atoms with Crippen LogP contribution < -0.4 is 11.1 Å². The van der Waals surface area contributed by atoms with E-state index in [4.69, 9.17) is 11.0 Å². The van der Waals surface area contributed by atoms with E-state index in [0.717, 1.165) is 11.1 Å². The van der Waals surface area contributed by atoms with Crippen molar-refractivity contribution in [2.75, 3.05) is 11.1 Å². The molecule has 2 aromatic heterocycles. The van der Waals surface area contributed by atoms with Crippen LogP contribution in [0, 0.1) is 11.3 Å². The van der Waals surface area contributed by atoms with Crippen molar-refractivity contribution in [2.24, 2.45) is 0 Å². The van der Waals surface area contributed by atoms with Crippen molar-refractivity contribution in [1.29, 1.82) is 5.26 Å². The van der Waals surface area contributed by atoms with Gasteiger partial charge in [0, 0.05) is 5.69 Å². The number of hydrogen-bond donors (Lipinski definition) is 2. The Morgan fingerprint density at radius 3 is 2.68 bits per heavy atom. The fraction of sp³-hybridized carbons (Fsp3) is 0.105. The summed E-state index contributed by atoms with van der Waals surface area (Å²) in [6.45, 7) is 0.00208. The van der Waals surface area contributed by atoms with E-state index in [1.807, 2.05) is 24.3 Å². The highest BCUT2D eigenvalue weighted by atomic mass is 16.6. The molecule has 9 heteroatoms. The molecule has 0 spiro atoms. The number of fused-ring (bicyclic) bond motifs is 1. The van der Waals surface area contributed by atoms with Gasteiger partial charge in [0.15, 0.2) is 17.3 Å². The van der Waals surface area contributed by atoms with E-state index in [1.54, 1.807) is 28.8 Å². The van der Waals surface area contributed by atoms with E-state index in [0.29, 0.717) is 23.4 Å². The van der Waals surface area contributed by atoms with Crippen LogP contribution in [-0.2, 0) is 17.8 Å². The molecular formula is C19H15N7O2. The van der Waals surface area contributed by atoms with Crippen LogP contribution in [0.3, 0.4) is 0 Å². The Balaban J connectivity index is 1.63. The summed E-state index contributed by atoms with van der Waals surface area (Å²) in [5, 5.41) is 19.0. The number of rotatable bonds is 5. The SMILES string of the molecule is N#CCc1ccc(NC(=O)Cn2c(-c3nonc3N)nc3ccccc32)cc1. The number of benzene rings is 2. The Morgan fingerprint density at radius 1 is 1.18 bits per heavy atom. The van der Waals surface area contributed by atoms with Gasteiger partial charge in [0.2, 0.25) is 5.91 Å². The molecule has 2 aromatic carbocycles. The van der Waals surface area contributed by atoms with Crippen molar-refractivity contribution in [2.45, 2.75) is 13.0 Å². The van der Waals surface area contributed by atoms with E-state index >= 15 is 0 Å². The summed E-state index contributed by atoms with van der Waals surface area (Å²) in [7, 11) is 0. The molecule has 0 aliphatic heterocycles. The maximum absolute atomic E-state index is 12.6. The minimum atomic E-state index is -0.243. The Bertz CT molecular complexity index is 1190. The van der Waals surface area contributed by atoms with Gasteiger partial charge in [-0.25, -0.2) is 9.61 Å². The van der Waals surface area contributed by atoms with Crippen molar-refractivity contribution >= 4 is 28.4 Å². The van der Waals surface area contributed by atoms with Gasteiger partial charge in [-0.1, -0.05) is 24.3 Å². The number of hydrogen-bond acceptors (Lipinski definition) is 7. The number of nitrogen functional groups attached to an aromatic ring is 1. The Hall–Kier alpha value is -4.19. The van der Waals surface area contributed by atoms with Gasteiger partial charge < -0.3 is 15.6 Å². The maximum atomic E-state index is 12.6. The monoisotopic (exact) mass is 373 g/mol.